The summed E-state index contributed by atoms with van der Waals surface area (Å²) in [6.07, 6.45) is -3.64. The molecule has 1 aromatic rings. The first kappa shape index (κ1) is 41.9. The maximum Gasteiger partial charge on any atom is 0.312 e. The van der Waals surface area contributed by atoms with Gasteiger partial charge >= 0.3 is 11.9 Å². The molecule has 0 spiro atoms. The fraction of sp³-hybridized carbons (Fsp3) is 0.784. The molecule has 50 heavy (non-hydrogen) atoms. The smallest absolute Gasteiger partial charge is 0.312 e. The summed E-state index contributed by atoms with van der Waals surface area (Å²) in [6.45, 7) is 13.3. The zero-order valence-corrected chi connectivity index (χ0v) is 31.6. The topological polar surface area (TPSA) is 174 Å². The zero-order chi connectivity index (χ0) is 37.7. The molecule has 0 unspecified atom stereocenters. The number of carbonyl (C=O) groups is 3. The number of esters is 2. The number of methoxy groups -OCH3 is 1. The van der Waals surface area contributed by atoms with E-state index in [1.807, 2.05) is 25.9 Å². The predicted molar refractivity (Wildman–Crippen MR) is 184 cm³/mol. The average molecular weight is 709 g/mol. The van der Waals surface area contributed by atoms with Gasteiger partial charge < -0.3 is 43.9 Å². The SMILES string of the molecule is CC[C@H]1OC(=O)[C@H](C)[C@@H](OC(=O)Cc2cccnc2)[C@H](C)[C@@H](O[C@@H]2O[C@H](C)C[C@H](N(C)C)[C@H]2O)[C@@](C)(OC)C[C@@H](C)C(=O)[C@H](C)[C@@H](O)[C@]1(C)O. The summed E-state index contributed by atoms with van der Waals surface area (Å²) in [5.41, 5.74) is -2.66. The van der Waals surface area contributed by atoms with Gasteiger partial charge in [0.05, 0.1) is 36.3 Å². The quantitative estimate of drug-likeness (QED) is 0.337. The molecule has 284 valence electrons. The van der Waals surface area contributed by atoms with E-state index in [1.165, 1.54) is 21.0 Å². The molecule has 0 bridgehead atoms. The molecule has 14 atom stereocenters. The number of hydrogen-bond donors (Lipinski definition) is 3. The number of Topliss-reactive ketones (excluding diaryl/α,β-unsaturated/α-hetero) is 1. The third-order valence-electron chi connectivity index (χ3n) is 10.8. The highest BCUT2D eigenvalue weighted by Crippen LogP contribution is 2.40. The second-order valence-corrected chi connectivity index (χ2v) is 15.1. The van der Waals surface area contributed by atoms with Gasteiger partial charge in [0.15, 0.2) is 6.29 Å². The first-order valence-electron chi connectivity index (χ1n) is 17.7. The third kappa shape index (κ3) is 9.47. The highest BCUT2D eigenvalue weighted by atomic mass is 16.7. The van der Waals surface area contributed by atoms with Crippen molar-refractivity contribution in [1.29, 1.82) is 0 Å². The molecule has 13 nitrogen and oxygen atoms in total. The van der Waals surface area contributed by atoms with Gasteiger partial charge in [-0.1, -0.05) is 33.8 Å². The van der Waals surface area contributed by atoms with Gasteiger partial charge in [-0.05, 0) is 72.7 Å². The number of ketones is 1. The minimum atomic E-state index is -1.98. The molecule has 2 saturated heterocycles. The lowest BCUT2D eigenvalue weighted by Gasteiger charge is -2.48. The molecule has 3 heterocycles. The van der Waals surface area contributed by atoms with Crippen LogP contribution < -0.4 is 0 Å². The van der Waals surface area contributed by atoms with Crippen LogP contribution in [0.1, 0.15) is 80.2 Å². The van der Waals surface area contributed by atoms with Crippen LogP contribution in [0.3, 0.4) is 0 Å². The van der Waals surface area contributed by atoms with Crippen molar-refractivity contribution in [2.45, 2.75) is 141 Å². The highest BCUT2D eigenvalue weighted by molar-refractivity contribution is 5.83. The summed E-state index contributed by atoms with van der Waals surface area (Å²) in [6, 6.07) is 3.14. The van der Waals surface area contributed by atoms with Crippen molar-refractivity contribution in [2.24, 2.45) is 23.7 Å². The molecule has 0 aromatic carbocycles. The maximum absolute atomic E-state index is 14.0. The molecule has 0 radical (unpaired) electrons. The standard InChI is InChI=1S/C37H60N2O11/c1-12-27-37(8,45)32(43)22(4)29(41)20(2)18-36(7,46-11)33(50-35-30(42)26(39(9)10)16-21(3)47-35)23(5)31(24(6)34(44)48-27)49-28(40)17-25-14-13-15-38-19-25/h13-15,19-24,26-27,30-33,35,42-43,45H,12,16-18H2,1-11H3/t20-,21-,22+,23+,24-,26+,27-,30-,31+,32-,33-,35+,36+,37-/m1/s1. The van der Waals surface area contributed by atoms with Crippen molar-refractivity contribution in [1.82, 2.24) is 9.88 Å². The minimum Gasteiger partial charge on any atom is -0.461 e. The Morgan fingerprint density at radius 2 is 1.76 bits per heavy atom. The Morgan fingerprint density at radius 1 is 1.10 bits per heavy atom. The summed E-state index contributed by atoms with van der Waals surface area (Å²) >= 11 is 0. The van der Waals surface area contributed by atoms with Gasteiger partial charge in [-0.15, -0.1) is 0 Å². The Kier molecular flexibility index (Phi) is 14.5. The van der Waals surface area contributed by atoms with Crippen molar-refractivity contribution in [3.63, 3.8) is 0 Å². The zero-order valence-electron chi connectivity index (χ0n) is 31.6. The Balaban J connectivity index is 2.18. The van der Waals surface area contributed by atoms with Gasteiger partial charge in [0.25, 0.3) is 0 Å². The molecule has 2 fully saturated rings. The first-order chi connectivity index (χ1) is 23.3. The van der Waals surface area contributed by atoms with E-state index in [2.05, 4.69) is 4.98 Å². The van der Waals surface area contributed by atoms with Crippen LogP contribution in [0.15, 0.2) is 24.5 Å². The molecule has 1 aromatic heterocycles. The van der Waals surface area contributed by atoms with Crippen LogP contribution in [0, 0.1) is 23.7 Å². The molecular formula is C37H60N2O11. The van der Waals surface area contributed by atoms with Crippen molar-refractivity contribution < 1.29 is 53.4 Å². The Morgan fingerprint density at radius 3 is 2.32 bits per heavy atom. The number of nitrogens with zero attached hydrogens (tertiary/aromatic N) is 2. The Bertz CT molecular complexity index is 1280. The van der Waals surface area contributed by atoms with E-state index in [0.717, 1.165) is 0 Å². The van der Waals surface area contributed by atoms with E-state index in [4.69, 9.17) is 23.7 Å². The number of aliphatic hydroxyl groups excluding tert-OH is 2. The molecule has 2 aliphatic rings. The van der Waals surface area contributed by atoms with Gasteiger partial charge in [0.2, 0.25) is 0 Å². The summed E-state index contributed by atoms with van der Waals surface area (Å²) in [5, 5.41) is 34.4. The van der Waals surface area contributed by atoms with Gasteiger partial charge in [-0.25, -0.2) is 0 Å². The molecule has 0 amide bonds. The molecule has 3 N–H and O–H groups in total. The van der Waals surface area contributed by atoms with E-state index in [0.29, 0.717) is 12.0 Å². The molecule has 0 saturated carbocycles. The number of cyclic esters (lactones) is 1. The van der Waals surface area contributed by atoms with Crippen LogP contribution in [0.4, 0.5) is 0 Å². The van der Waals surface area contributed by atoms with Crippen LogP contribution in [0.5, 0.6) is 0 Å². The van der Waals surface area contributed by atoms with E-state index >= 15 is 0 Å². The molecular weight excluding hydrogens is 648 g/mol. The lowest BCUT2D eigenvalue weighted by molar-refractivity contribution is -0.301. The summed E-state index contributed by atoms with van der Waals surface area (Å²) in [7, 11) is 5.20. The lowest BCUT2D eigenvalue weighted by atomic mass is 9.74. The van der Waals surface area contributed by atoms with E-state index in [1.54, 1.807) is 59.1 Å². The third-order valence-corrected chi connectivity index (χ3v) is 10.8. The second kappa shape index (κ2) is 17.3. The highest BCUT2D eigenvalue weighted by Gasteiger charge is 2.52. The first-order valence-corrected chi connectivity index (χ1v) is 17.7. The van der Waals surface area contributed by atoms with Gasteiger partial charge in [-0.3, -0.25) is 19.4 Å². The van der Waals surface area contributed by atoms with Crippen LogP contribution in [0.25, 0.3) is 0 Å². The molecule has 2 aliphatic heterocycles. The van der Waals surface area contributed by atoms with Crippen LogP contribution in [-0.4, -0.2) is 124 Å². The number of aromatic nitrogens is 1. The van der Waals surface area contributed by atoms with Crippen LogP contribution >= 0.6 is 0 Å². The Hall–Kier alpha value is -2.52. The number of likely N-dealkylation sites (N-methyl/N-ethyl adjacent to an activating group) is 1. The van der Waals surface area contributed by atoms with Crippen molar-refractivity contribution in [2.75, 3.05) is 21.2 Å². The fourth-order valence-corrected chi connectivity index (χ4v) is 7.65. The summed E-state index contributed by atoms with van der Waals surface area (Å²) in [5.74, 6) is -5.39. The summed E-state index contributed by atoms with van der Waals surface area (Å²) in [4.78, 5) is 47.3. The average Bonchev–Trinajstić information content (AvgIpc) is 3.07. The second-order valence-electron chi connectivity index (χ2n) is 15.1. The van der Waals surface area contributed by atoms with Crippen LogP contribution in [-0.2, 0) is 44.5 Å². The summed E-state index contributed by atoms with van der Waals surface area (Å²) < 4.78 is 31.0. The molecule has 0 aliphatic carbocycles. The van der Waals surface area contributed by atoms with E-state index in [9.17, 15) is 29.7 Å². The van der Waals surface area contributed by atoms with Crippen molar-refractivity contribution >= 4 is 17.7 Å². The minimum absolute atomic E-state index is 0.0818. The van der Waals surface area contributed by atoms with Gasteiger partial charge in [0.1, 0.15) is 29.7 Å². The van der Waals surface area contributed by atoms with Gasteiger partial charge in [-0.2, -0.15) is 0 Å². The molecule has 3 rings (SSSR count). The number of pyridine rings is 1. The fourth-order valence-electron chi connectivity index (χ4n) is 7.65. The Labute approximate surface area is 297 Å². The monoisotopic (exact) mass is 708 g/mol. The number of ether oxygens (including phenoxy) is 5. The van der Waals surface area contributed by atoms with Crippen LogP contribution in [0.2, 0.25) is 0 Å². The number of hydrogen-bond acceptors (Lipinski definition) is 13. The number of carbonyl (C=O) groups excluding carboxylic acids is 3. The number of aliphatic hydroxyl groups is 3. The largest absolute Gasteiger partial charge is 0.461 e. The van der Waals surface area contributed by atoms with Gasteiger partial charge in [0, 0.05) is 43.3 Å². The number of rotatable bonds is 8. The van der Waals surface area contributed by atoms with Crippen molar-refractivity contribution in [3.05, 3.63) is 30.1 Å². The van der Waals surface area contributed by atoms with Crippen molar-refractivity contribution in [3.8, 4) is 0 Å². The maximum atomic E-state index is 14.0. The normalized spacial score (nSPS) is 40.9. The van der Waals surface area contributed by atoms with E-state index in [-0.39, 0.29) is 37.2 Å². The lowest BCUT2D eigenvalue weighted by Crippen LogP contribution is -2.60. The predicted octanol–water partition coefficient (Wildman–Crippen LogP) is 2.70. The van der Waals surface area contributed by atoms with E-state index < -0.39 is 83.6 Å². The molecule has 13 heteroatoms.